The third-order valence-electron chi connectivity index (χ3n) is 2.64. The summed E-state index contributed by atoms with van der Waals surface area (Å²) in [6, 6.07) is 11.1. The molecule has 3 nitrogen and oxygen atoms in total. The van der Waals surface area contributed by atoms with Crippen LogP contribution < -0.4 is 10.1 Å². The molecule has 2 aromatic rings. The molecule has 2 rings (SSSR count). The largest absolute Gasteiger partial charge is 0.483 e. The molecule has 0 spiro atoms. The van der Waals surface area contributed by atoms with Gasteiger partial charge in [0.15, 0.2) is 6.61 Å². The normalized spacial score (nSPS) is 10.2. The number of hydrogen-bond acceptors (Lipinski definition) is 2. The lowest BCUT2D eigenvalue weighted by atomic mass is 10.2. The van der Waals surface area contributed by atoms with Crippen LogP contribution in [-0.2, 0) is 4.79 Å². The van der Waals surface area contributed by atoms with Gasteiger partial charge in [-0.15, -0.1) is 0 Å². The monoisotopic (exact) mass is 293 g/mol. The molecule has 0 atom stereocenters. The van der Waals surface area contributed by atoms with E-state index in [9.17, 15) is 9.18 Å². The molecule has 0 aliphatic rings. The second-order valence-electron chi connectivity index (χ2n) is 4.23. The number of hydrogen-bond donors (Lipinski definition) is 1. The summed E-state index contributed by atoms with van der Waals surface area (Å²) in [6.45, 7) is 1.54. The Labute approximate surface area is 121 Å². The molecule has 0 heterocycles. The first-order valence-corrected chi connectivity index (χ1v) is 6.37. The number of nitrogens with one attached hydrogen (secondary N) is 1. The van der Waals surface area contributed by atoms with Crippen molar-refractivity contribution >= 4 is 23.2 Å². The molecule has 0 aromatic heterocycles. The van der Waals surface area contributed by atoms with Crippen LogP contribution in [0.1, 0.15) is 5.56 Å². The van der Waals surface area contributed by atoms with Gasteiger partial charge in [-0.3, -0.25) is 4.79 Å². The average Bonchev–Trinajstić information content (AvgIpc) is 2.40. The molecule has 0 aliphatic carbocycles. The highest BCUT2D eigenvalue weighted by molar-refractivity contribution is 6.33. The number of carbonyl (C=O) groups is 1. The molecule has 0 fully saturated rings. The number of halogens is 2. The molecule has 1 N–H and O–H groups in total. The lowest BCUT2D eigenvalue weighted by Crippen LogP contribution is -2.20. The van der Waals surface area contributed by atoms with Crippen molar-refractivity contribution in [3.8, 4) is 5.75 Å². The van der Waals surface area contributed by atoms with Crippen molar-refractivity contribution in [2.24, 2.45) is 0 Å². The Morgan fingerprint density at radius 2 is 2.05 bits per heavy atom. The van der Waals surface area contributed by atoms with E-state index >= 15 is 0 Å². The van der Waals surface area contributed by atoms with Gasteiger partial charge in [0, 0.05) is 0 Å². The van der Waals surface area contributed by atoms with Gasteiger partial charge in [-0.05, 0) is 42.8 Å². The van der Waals surface area contributed by atoms with Crippen LogP contribution in [0.25, 0.3) is 0 Å². The fourth-order valence-electron chi connectivity index (χ4n) is 1.67. The Balaban J connectivity index is 1.94. The van der Waals surface area contributed by atoms with Crippen LogP contribution in [0.3, 0.4) is 0 Å². The van der Waals surface area contributed by atoms with Gasteiger partial charge < -0.3 is 10.1 Å². The minimum absolute atomic E-state index is 0.169. The van der Waals surface area contributed by atoms with Crippen molar-refractivity contribution < 1.29 is 13.9 Å². The van der Waals surface area contributed by atoms with Gasteiger partial charge in [0.25, 0.3) is 5.91 Å². The second-order valence-corrected chi connectivity index (χ2v) is 4.63. The molecule has 1 amide bonds. The lowest BCUT2D eigenvalue weighted by Gasteiger charge is -2.10. The fourth-order valence-corrected chi connectivity index (χ4v) is 1.85. The highest BCUT2D eigenvalue weighted by Crippen LogP contribution is 2.21. The summed E-state index contributed by atoms with van der Waals surface area (Å²) < 4.78 is 18.3. The number of para-hydroxylation sites is 1. The van der Waals surface area contributed by atoms with Crippen LogP contribution in [0, 0.1) is 12.7 Å². The van der Waals surface area contributed by atoms with Crippen molar-refractivity contribution in [2.75, 3.05) is 11.9 Å². The summed E-state index contributed by atoms with van der Waals surface area (Å²) in [5.41, 5.74) is 1.16. The van der Waals surface area contributed by atoms with Gasteiger partial charge >= 0.3 is 0 Å². The van der Waals surface area contributed by atoms with Crippen molar-refractivity contribution in [3.63, 3.8) is 0 Å². The van der Waals surface area contributed by atoms with Gasteiger partial charge in [0.1, 0.15) is 11.6 Å². The Hall–Kier alpha value is -2.07. The first-order chi connectivity index (χ1) is 9.56. The summed E-state index contributed by atoms with van der Waals surface area (Å²) in [5.74, 6) is -0.196. The zero-order valence-corrected chi connectivity index (χ0v) is 11.6. The molecule has 0 aliphatic heterocycles. The van der Waals surface area contributed by atoms with Crippen LogP contribution in [0.4, 0.5) is 10.1 Å². The van der Waals surface area contributed by atoms with Crippen LogP contribution >= 0.6 is 11.6 Å². The first-order valence-electron chi connectivity index (χ1n) is 5.99. The standard InChI is InChI=1S/C15H13ClFNO2/c1-10-8-11(17)6-7-14(10)20-9-15(19)18-13-5-3-2-4-12(13)16/h2-8H,9H2,1H3,(H,18,19). The average molecular weight is 294 g/mol. The Morgan fingerprint density at radius 3 is 2.75 bits per heavy atom. The van der Waals surface area contributed by atoms with Gasteiger partial charge in [-0.2, -0.15) is 0 Å². The van der Waals surface area contributed by atoms with Crippen molar-refractivity contribution in [3.05, 3.63) is 58.9 Å². The second kappa shape index (κ2) is 6.39. The summed E-state index contributed by atoms with van der Waals surface area (Å²) in [7, 11) is 0. The predicted molar refractivity (Wildman–Crippen MR) is 76.7 cm³/mol. The van der Waals surface area contributed by atoms with Gasteiger partial charge in [0.2, 0.25) is 0 Å². The number of benzene rings is 2. The number of aryl methyl sites for hydroxylation is 1. The fraction of sp³-hybridized carbons (Fsp3) is 0.133. The summed E-state index contributed by atoms with van der Waals surface area (Å²) in [5, 5.41) is 3.10. The van der Waals surface area contributed by atoms with E-state index in [1.807, 2.05) is 0 Å². The van der Waals surface area contributed by atoms with Crippen molar-refractivity contribution in [1.29, 1.82) is 0 Å². The minimum atomic E-state index is -0.338. The van der Waals surface area contributed by atoms with Crippen LogP contribution in [0.15, 0.2) is 42.5 Å². The van der Waals surface area contributed by atoms with E-state index < -0.39 is 0 Å². The van der Waals surface area contributed by atoms with E-state index in [0.717, 1.165) is 0 Å². The van der Waals surface area contributed by atoms with E-state index in [2.05, 4.69) is 5.32 Å². The van der Waals surface area contributed by atoms with Gasteiger partial charge in [0.05, 0.1) is 10.7 Å². The molecule has 5 heteroatoms. The molecule has 0 unspecified atom stereocenters. The highest BCUT2D eigenvalue weighted by atomic mass is 35.5. The molecule has 0 saturated carbocycles. The third-order valence-corrected chi connectivity index (χ3v) is 2.97. The number of ether oxygens (including phenoxy) is 1. The summed E-state index contributed by atoms with van der Waals surface area (Å²) in [4.78, 5) is 11.7. The van der Waals surface area contributed by atoms with E-state index in [0.29, 0.717) is 22.0 Å². The van der Waals surface area contributed by atoms with Crippen LogP contribution in [-0.4, -0.2) is 12.5 Å². The van der Waals surface area contributed by atoms with E-state index in [-0.39, 0.29) is 18.3 Å². The molecule has 104 valence electrons. The third kappa shape index (κ3) is 3.71. The lowest BCUT2D eigenvalue weighted by molar-refractivity contribution is -0.118. The highest BCUT2D eigenvalue weighted by Gasteiger charge is 2.07. The Morgan fingerprint density at radius 1 is 1.30 bits per heavy atom. The smallest absolute Gasteiger partial charge is 0.262 e. The Bertz CT molecular complexity index is 631. The van der Waals surface area contributed by atoms with Crippen molar-refractivity contribution in [1.82, 2.24) is 0 Å². The number of rotatable bonds is 4. The minimum Gasteiger partial charge on any atom is -0.483 e. The summed E-state index contributed by atoms with van der Waals surface area (Å²) in [6.07, 6.45) is 0. The van der Waals surface area contributed by atoms with Crippen LogP contribution in [0.5, 0.6) is 5.75 Å². The van der Waals surface area contributed by atoms with E-state index in [4.69, 9.17) is 16.3 Å². The molecule has 0 radical (unpaired) electrons. The predicted octanol–water partition coefficient (Wildman–Crippen LogP) is 3.81. The topological polar surface area (TPSA) is 38.3 Å². The molecular formula is C15H13ClFNO2. The number of anilines is 1. The summed E-state index contributed by atoms with van der Waals surface area (Å²) >= 11 is 5.93. The van der Waals surface area contributed by atoms with E-state index in [1.165, 1.54) is 18.2 Å². The molecular weight excluding hydrogens is 281 g/mol. The van der Waals surface area contributed by atoms with Gasteiger partial charge in [-0.25, -0.2) is 4.39 Å². The maximum absolute atomic E-state index is 12.9. The molecule has 20 heavy (non-hydrogen) atoms. The zero-order chi connectivity index (χ0) is 14.5. The van der Waals surface area contributed by atoms with Gasteiger partial charge in [-0.1, -0.05) is 23.7 Å². The number of carbonyl (C=O) groups excluding carboxylic acids is 1. The number of amides is 1. The zero-order valence-electron chi connectivity index (χ0n) is 10.8. The van der Waals surface area contributed by atoms with E-state index in [1.54, 1.807) is 31.2 Å². The molecule has 0 bridgehead atoms. The first kappa shape index (κ1) is 14.3. The Kier molecular flexibility index (Phi) is 4.58. The maximum atomic E-state index is 12.9. The maximum Gasteiger partial charge on any atom is 0.262 e. The van der Waals surface area contributed by atoms with Crippen molar-refractivity contribution in [2.45, 2.75) is 6.92 Å². The SMILES string of the molecule is Cc1cc(F)ccc1OCC(=O)Nc1ccccc1Cl. The molecule has 0 saturated heterocycles. The quantitative estimate of drug-likeness (QED) is 0.931. The van der Waals surface area contributed by atoms with Crippen LogP contribution in [0.2, 0.25) is 5.02 Å². The molecule has 2 aromatic carbocycles.